The molecule has 1 unspecified atom stereocenters. The molecule has 86 valence electrons. The zero-order chi connectivity index (χ0) is 11.4. The fourth-order valence-electron chi connectivity index (χ4n) is 1.85. The molecule has 1 aliphatic heterocycles. The first-order chi connectivity index (χ1) is 7.75. The molecule has 0 N–H and O–H groups in total. The highest BCUT2D eigenvalue weighted by atomic mass is 35.5. The first kappa shape index (κ1) is 11.6. The highest BCUT2D eigenvalue weighted by Crippen LogP contribution is 2.18. The molecule has 1 aromatic rings. The Balaban J connectivity index is 1.85. The third kappa shape index (κ3) is 3.03. The molecule has 1 aliphatic rings. The van der Waals surface area contributed by atoms with Crippen molar-refractivity contribution in [1.29, 1.82) is 0 Å². The number of hydrogen-bond acceptors (Lipinski definition) is 3. The molecule has 2 rings (SSSR count). The van der Waals surface area contributed by atoms with Gasteiger partial charge in [-0.3, -0.25) is 4.79 Å². The van der Waals surface area contributed by atoms with Gasteiger partial charge >= 0.3 is 0 Å². The van der Waals surface area contributed by atoms with Gasteiger partial charge in [0.2, 0.25) is 0 Å². The average Bonchev–Trinajstić information content (AvgIpc) is 2.80. The van der Waals surface area contributed by atoms with Crippen molar-refractivity contribution in [2.45, 2.75) is 31.8 Å². The van der Waals surface area contributed by atoms with Gasteiger partial charge in [0.1, 0.15) is 5.15 Å². The van der Waals surface area contributed by atoms with Crippen molar-refractivity contribution >= 4 is 17.4 Å². The predicted octanol–water partition coefficient (Wildman–Crippen LogP) is 2.88. The maximum Gasteiger partial charge on any atom is 0.164 e. The summed E-state index contributed by atoms with van der Waals surface area (Å²) in [4.78, 5) is 15.7. The van der Waals surface area contributed by atoms with E-state index in [1.54, 1.807) is 12.1 Å². The van der Waals surface area contributed by atoms with Crippen molar-refractivity contribution in [3.8, 4) is 0 Å². The third-order valence-electron chi connectivity index (χ3n) is 2.77. The molecule has 2 heterocycles. The van der Waals surface area contributed by atoms with Crippen molar-refractivity contribution < 1.29 is 9.53 Å². The summed E-state index contributed by atoms with van der Waals surface area (Å²) in [5, 5.41) is 0.413. The average molecular weight is 240 g/mol. The summed E-state index contributed by atoms with van der Waals surface area (Å²) in [5.41, 5.74) is 0.627. The Bertz CT molecular complexity index is 358. The Morgan fingerprint density at radius 1 is 1.56 bits per heavy atom. The number of ketones is 1. The zero-order valence-corrected chi connectivity index (χ0v) is 9.74. The lowest BCUT2D eigenvalue weighted by molar-refractivity contribution is 0.0859. The standard InChI is InChI=1S/C12H14ClNO2/c13-12-6-3-9(8-14-12)11(15)5-4-10-2-1-7-16-10/h3,6,8,10H,1-2,4-5,7H2. The number of carbonyl (C=O) groups is 1. The van der Waals surface area contributed by atoms with E-state index in [2.05, 4.69) is 4.98 Å². The van der Waals surface area contributed by atoms with E-state index in [0.717, 1.165) is 25.9 Å². The van der Waals surface area contributed by atoms with E-state index in [4.69, 9.17) is 16.3 Å². The molecule has 0 spiro atoms. The summed E-state index contributed by atoms with van der Waals surface area (Å²) in [6.45, 7) is 0.835. The fourth-order valence-corrected chi connectivity index (χ4v) is 1.96. The molecular formula is C12H14ClNO2. The Morgan fingerprint density at radius 3 is 3.06 bits per heavy atom. The van der Waals surface area contributed by atoms with E-state index in [1.807, 2.05) is 0 Å². The highest BCUT2D eigenvalue weighted by molar-refractivity contribution is 6.29. The molecule has 0 radical (unpaired) electrons. The van der Waals surface area contributed by atoms with E-state index in [-0.39, 0.29) is 11.9 Å². The Kier molecular flexibility index (Phi) is 3.91. The van der Waals surface area contributed by atoms with Gasteiger partial charge in [0.15, 0.2) is 5.78 Å². The van der Waals surface area contributed by atoms with Gasteiger partial charge in [0.25, 0.3) is 0 Å². The number of carbonyl (C=O) groups excluding carboxylic acids is 1. The van der Waals surface area contributed by atoms with Gasteiger partial charge in [-0.25, -0.2) is 4.98 Å². The normalized spacial score (nSPS) is 19.9. The number of ether oxygens (including phenoxy) is 1. The summed E-state index contributed by atoms with van der Waals surface area (Å²) < 4.78 is 5.47. The molecule has 1 aromatic heterocycles. The molecule has 16 heavy (non-hydrogen) atoms. The van der Waals surface area contributed by atoms with E-state index < -0.39 is 0 Å². The van der Waals surface area contributed by atoms with Gasteiger partial charge in [0.05, 0.1) is 6.10 Å². The van der Waals surface area contributed by atoms with Gasteiger partial charge in [-0.2, -0.15) is 0 Å². The maximum atomic E-state index is 11.8. The van der Waals surface area contributed by atoms with E-state index >= 15 is 0 Å². The Morgan fingerprint density at radius 2 is 2.44 bits per heavy atom. The number of aromatic nitrogens is 1. The number of nitrogens with zero attached hydrogens (tertiary/aromatic N) is 1. The topological polar surface area (TPSA) is 39.2 Å². The summed E-state index contributed by atoms with van der Waals surface area (Å²) in [7, 11) is 0. The van der Waals surface area contributed by atoms with E-state index in [1.165, 1.54) is 6.20 Å². The SMILES string of the molecule is O=C(CCC1CCCO1)c1ccc(Cl)nc1. The van der Waals surface area contributed by atoms with Gasteiger partial charge in [0, 0.05) is 24.8 Å². The Labute approximate surface area is 99.8 Å². The van der Waals surface area contributed by atoms with E-state index in [9.17, 15) is 4.79 Å². The van der Waals surface area contributed by atoms with Gasteiger partial charge < -0.3 is 4.74 Å². The van der Waals surface area contributed by atoms with Crippen LogP contribution in [0, 0.1) is 0 Å². The van der Waals surface area contributed by atoms with Crippen LogP contribution in [0.5, 0.6) is 0 Å². The predicted molar refractivity (Wildman–Crippen MR) is 61.8 cm³/mol. The minimum atomic E-state index is 0.111. The monoisotopic (exact) mass is 239 g/mol. The van der Waals surface area contributed by atoms with Crippen molar-refractivity contribution in [2.75, 3.05) is 6.61 Å². The minimum absolute atomic E-state index is 0.111. The fraction of sp³-hybridized carbons (Fsp3) is 0.500. The molecule has 1 fully saturated rings. The van der Waals surface area contributed by atoms with Gasteiger partial charge in [-0.1, -0.05) is 11.6 Å². The molecule has 3 nitrogen and oxygen atoms in total. The van der Waals surface area contributed by atoms with Gasteiger partial charge in [-0.15, -0.1) is 0 Å². The number of hydrogen-bond donors (Lipinski definition) is 0. The largest absolute Gasteiger partial charge is 0.378 e. The second-order valence-electron chi connectivity index (χ2n) is 3.97. The molecule has 0 bridgehead atoms. The van der Waals surface area contributed by atoms with Crippen LogP contribution in [0.2, 0.25) is 5.15 Å². The van der Waals surface area contributed by atoms with Crippen LogP contribution in [0.3, 0.4) is 0 Å². The first-order valence-electron chi connectivity index (χ1n) is 5.52. The molecule has 0 amide bonds. The molecule has 4 heteroatoms. The molecule has 1 atom stereocenters. The van der Waals surface area contributed by atoms with E-state index in [0.29, 0.717) is 17.1 Å². The second kappa shape index (κ2) is 5.41. The molecule has 0 aromatic carbocycles. The van der Waals surface area contributed by atoms with Crippen LogP contribution in [-0.2, 0) is 4.74 Å². The van der Waals surface area contributed by atoms with Crippen LogP contribution in [0.4, 0.5) is 0 Å². The lowest BCUT2D eigenvalue weighted by Crippen LogP contribution is -2.09. The minimum Gasteiger partial charge on any atom is -0.378 e. The summed E-state index contributed by atoms with van der Waals surface area (Å²) in [6, 6.07) is 3.36. The van der Waals surface area contributed by atoms with Crippen LogP contribution in [0.15, 0.2) is 18.3 Å². The summed E-state index contributed by atoms with van der Waals surface area (Å²) >= 11 is 5.65. The van der Waals surface area contributed by atoms with Crippen LogP contribution in [-0.4, -0.2) is 23.5 Å². The van der Waals surface area contributed by atoms with Crippen molar-refractivity contribution in [1.82, 2.24) is 4.98 Å². The van der Waals surface area contributed by atoms with Crippen LogP contribution >= 0.6 is 11.6 Å². The summed E-state index contributed by atoms with van der Waals surface area (Å²) in [5.74, 6) is 0.111. The Hall–Kier alpha value is -0.930. The van der Waals surface area contributed by atoms with Crippen LogP contribution in [0.25, 0.3) is 0 Å². The van der Waals surface area contributed by atoms with Crippen LogP contribution in [0.1, 0.15) is 36.0 Å². The molecule has 0 aliphatic carbocycles. The number of pyridine rings is 1. The van der Waals surface area contributed by atoms with Crippen molar-refractivity contribution in [2.24, 2.45) is 0 Å². The van der Waals surface area contributed by atoms with Crippen molar-refractivity contribution in [3.05, 3.63) is 29.0 Å². The smallest absolute Gasteiger partial charge is 0.164 e. The summed E-state index contributed by atoms with van der Waals surface area (Å²) in [6.07, 6.45) is 5.31. The maximum absolute atomic E-state index is 11.8. The van der Waals surface area contributed by atoms with Gasteiger partial charge in [-0.05, 0) is 31.4 Å². The van der Waals surface area contributed by atoms with Crippen molar-refractivity contribution in [3.63, 3.8) is 0 Å². The quantitative estimate of drug-likeness (QED) is 0.599. The third-order valence-corrected chi connectivity index (χ3v) is 2.99. The highest BCUT2D eigenvalue weighted by Gasteiger charge is 2.17. The number of halogens is 1. The zero-order valence-electron chi connectivity index (χ0n) is 8.99. The lowest BCUT2D eigenvalue weighted by Gasteiger charge is -2.07. The number of Topliss-reactive ketones (excluding diaryl/α,β-unsaturated/α-hetero) is 1. The first-order valence-corrected chi connectivity index (χ1v) is 5.90. The molecule has 0 saturated carbocycles. The van der Waals surface area contributed by atoms with Crippen LogP contribution < -0.4 is 0 Å². The number of rotatable bonds is 4. The second-order valence-corrected chi connectivity index (χ2v) is 4.35. The lowest BCUT2D eigenvalue weighted by atomic mass is 10.0. The molecule has 1 saturated heterocycles. The molecular weight excluding hydrogens is 226 g/mol.